The Hall–Kier alpha value is -7.69. The fourth-order valence-corrected chi connectivity index (χ4v) is 8.06. The van der Waals surface area contributed by atoms with Crippen LogP contribution in [0.5, 0.6) is 0 Å². The van der Waals surface area contributed by atoms with Crippen molar-refractivity contribution >= 4 is 43.5 Å². The summed E-state index contributed by atoms with van der Waals surface area (Å²) in [6.07, 6.45) is 0. The average molecular weight is 728 g/mol. The summed E-state index contributed by atoms with van der Waals surface area (Å²) in [5, 5.41) is 6.92. The van der Waals surface area contributed by atoms with Gasteiger partial charge in [0, 0.05) is 33.0 Å². The normalized spacial score (nSPS) is 11.5. The zero-order valence-electron chi connectivity index (χ0n) is 30.8. The van der Waals surface area contributed by atoms with Gasteiger partial charge in [-0.05, 0) is 79.7 Å². The van der Waals surface area contributed by atoms with Crippen molar-refractivity contribution < 1.29 is 4.42 Å². The van der Waals surface area contributed by atoms with Crippen LogP contribution in [0.4, 0.5) is 0 Å². The van der Waals surface area contributed by atoms with Gasteiger partial charge in [-0.25, -0.2) is 15.0 Å². The summed E-state index contributed by atoms with van der Waals surface area (Å²) in [6, 6.07) is 69.9. The number of furan rings is 1. The summed E-state index contributed by atoms with van der Waals surface area (Å²) in [7, 11) is 0. The molecule has 11 aromatic rings. The number of benzene rings is 9. The summed E-state index contributed by atoms with van der Waals surface area (Å²) >= 11 is 0. The molecule has 0 aliphatic rings. The third-order valence-electron chi connectivity index (χ3n) is 10.9. The van der Waals surface area contributed by atoms with E-state index < -0.39 is 0 Å². The van der Waals surface area contributed by atoms with Crippen molar-refractivity contribution in [2.24, 2.45) is 0 Å². The lowest BCUT2D eigenvalue weighted by molar-refractivity contribution is 0.670. The molecule has 2 heterocycles. The highest BCUT2D eigenvalue weighted by molar-refractivity contribution is 6.15. The van der Waals surface area contributed by atoms with Gasteiger partial charge in [-0.3, -0.25) is 0 Å². The van der Waals surface area contributed by atoms with E-state index >= 15 is 0 Å². The van der Waals surface area contributed by atoms with Crippen LogP contribution in [0.3, 0.4) is 0 Å². The van der Waals surface area contributed by atoms with Crippen molar-refractivity contribution in [1.29, 1.82) is 0 Å². The summed E-state index contributed by atoms with van der Waals surface area (Å²) in [5.41, 5.74) is 11.0. The molecule has 57 heavy (non-hydrogen) atoms. The maximum absolute atomic E-state index is 6.66. The zero-order valence-corrected chi connectivity index (χ0v) is 30.8. The number of nitrogens with zero attached hydrogens (tertiary/aromatic N) is 3. The fraction of sp³-hybridized carbons (Fsp3) is 0. The molecular formula is C53H33N3O. The standard InChI is InChI=1S/C53H33N3O/c1-2-14-36(15-3-1)45-22-11-25-48-49(45)47-24-10-23-46(50(47)57-48)41-19-9-21-43(33-41)52-54-51(55-53(56-52)44-29-27-35-13-5-7-17-38(35)31-44)42-20-8-18-39(32-42)40-28-26-34-12-4-6-16-37(34)30-40/h1-33H. The second-order valence-corrected chi connectivity index (χ2v) is 14.4. The topological polar surface area (TPSA) is 51.8 Å². The average Bonchev–Trinajstić information content (AvgIpc) is 3.68. The summed E-state index contributed by atoms with van der Waals surface area (Å²) in [4.78, 5) is 15.5. The van der Waals surface area contributed by atoms with Crippen LogP contribution < -0.4 is 0 Å². The maximum atomic E-state index is 6.66. The number of hydrogen-bond donors (Lipinski definition) is 0. The SMILES string of the molecule is c1ccc(-c2cccc3oc4c(-c5cccc(-c6nc(-c7cccc(-c8ccc9ccccc9c8)c7)nc(-c7ccc8ccccc8c7)n6)c5)cccc4c23)cc1. The lowest BCUT2D eigenvalue weighted by atomic mass is 9.97. The molecule has 0 atom stereocenters. The van der Waals surface area contributed by atoms with Crippen LogP contribution in [0.1, 0.15) is 0 Å². The Kier molecular flexibility index (Phi) is 7.78. The van der Waals surface area contributed by atoms with Crippen LogP contribution in [0.25, 0.3) is 111 Å². The van der Waals surface area contributed by atoms with Gasteiger partial charge in [0.05, 0.1) is 0 Å². The van der Waals surface area contributed by atoms with Crippen molar-refractivity contribution in [3.05, 3.63) is 200 Å². The maximum Gasteiger partial charge on any atom is 0.164 e. The highest BCUT2D eigenvalue weighted by atomic mass is 16.3. The molecule has 4 heteroatoms. The highest BCUT2D eigenvalue weighted by Gasteiger charge is 2.18. The third-order valence-corrected chi connectivity index (χ3v) is 10.9. The van der Waals surface area contributed by atoms with E-state index in [1.54, 1.807) is 0 Å². The van der Waals surface area contributed by atoms with Gasteiger partial charge in [0.1, 0.15) is 11.2 Å². The van der Waals surface area contributed by atoms with Gasteiger partial charge in [-0.15, -0.1) is 0 Å². The molecule has 0 amide bonds. The molecule has 0 bridgehead atoms. The van der Waals surface area contributed by atoms with Crippen molar-refractivity contribution in [2.75, 3.05) is 0 Å². The minimum Gasteiger partial charge on any atom is -0.455 e. The van der Waals surface area contributed by atoms with E-state index in [-0.39, 0.29) is 0 Å². The number of aromatic nitrogens is 3. The zero-order chi connectivity index (χ0) is 37.7. The van der Waals surface area contributed by atoms with Crippen molar-refractivity contribution in [3.63, 3.8) is 0 Å². The Balaban J connectivity index is 1.06. The molecule has 0 aliphatic carbocycles. The van der Waals surface area contributed by atoms with Crippen LogP contribution in [0.2, 0.25) is 0 Å². The first kappa shape index (κ1) is 32.7. The van der Waals surface area contributed by atoms with Gasteiger partial charge in [-0.2, -0.15) is 0 Å². The summed E-state index contributed by atoms with van der Waals surface area (Å²) < 4.78 is 6.66. The fourth-order valence-electron chi connectivity index (χ4n) is 8.06. The van der Waals surface area contributed by atoms with E-state index in [0.717, 1.165) is 77.4 Å². The van der Waals surface area contributed by atoms with Gasteiger partial charge in [0.25, 0.3) is 0 Å². The predicted molar refractivity (Wildman–Crippen MR) is 235 cm³/mol. The van der Waals surface area contributed by atoms with Crippen molar-refractivity contribution in [3.8, 4) is 67.5 Å². The molecule has 266 valence electrons. The molecule has 0 fully saturated rings. The number of rotatable bonds is 6. The van der Waals surface area contributed by atoms with Crippen LogP contribution in [-0.4, -0.2) is 15.0 Å². The Labute approximate surface area is 329 Å². The Morgan fingerprint density at radius 1 is 0.298 bits per heavy atom. The van der Waals surface area contributed by atoms with E-state index in [2.05, 4.69) is 194 Å². The highest BCUT2D eigenvalue weighted by Crippen LogP contribution is 2.41. The predicted octanol–water partition coefficient (Wildman–Crippen LogP) is 14.1. The first-order valence-corrected chi connectivity index (χ1v) is 19.2. The van der Waals surface area contributed by atoms with E-state index in [0.29, 0.717) is 17.5 Å². The quantitative estimate of drug-likeness (QED) is 0.171. The van der Waals surface area contributed by atoms with E-state index in [4.69, 9.17) is 19.4 Å². The van der Waals surface area contributed by atoms with Crippen LogP contribution in [0.15, 0.2) is 205 Å². The molecule has 2 aromatic heterocycles. The molecule has 0 spiro atoms. The Bertz CT molecular complexity index is 3310. The van der Waals surface area contributed by atoms with Crippen LogP contribution >= 0.6 is 0 Å². The molecule has 0 unspecified atom stereocenters. The number of fused-ring (bicyclic) bond motifs is 5. The van der Waals surface area contributed by atoms with Gasteiger partial charge in [-0.1, -0.05) is 170 Å². The molecule has 0 N–H and O–H groups in total. The van der Waals surface area contributed by atoms with Gasteiger partial charge in [0.2, 0.25) is 0 Å². The lowest BCUT2D eigenvalue weighted by Crippen LogP contribution is -2.00. The summed E-state index contributed by atoms with van der Waals surface area (Å²) in [5.74, 6) is 1.84. The van der Waals surface area contributed by atoms with E-state index in [9.17, 15) is 0 Å². The molecule has 0 radical (unpaired) electrons. The molecule has 9 aromatic carbocycles. The first-order valence-electron chi connectivity index (χ1n) is 19.2. The number of hydrogen-bond acceptors (Lipinski definition) is 4. The Morgan fingerprint density at radius 3 is 1.47 bits per heavy atom. The lowest BCUT2D eigenvalue weighted by Gasteiger charge is -2.11. The minimum atomic E-state index is 0.601. The first-order chi connectivity index (χ1) is 28.2. The molecule has 0 aliphatic heterocycles. The second-order valence-electron chi connectivity index (χ2n) is 14.4. The van der Waals surface area contributed by atoms with Crippen molar-refractivity contribution in [2.45, 2.75) is 0 Å². The van der Waals surface area contributed by atoms with Gasteiger partial charge >= 0.3 is 0 Å². The van der Waals surface area contributed by atoms with Crippen LogP contribution in [0, 0.1) is 0 Å². The van der Waals surface area contributed by atoms with E-state index in [1.807, 2.05) is 6.07 Å². The molecule has 11 rings (SSSR count). The van der Waals surface area contributed by atoms with Crippen LogP contribution in [-0.2, 0) is 0 Å². The van der Waals surface area contributed by atoms with Crippen molar-refractivity contribution in [1.82, 2.24) is 15.0 Å². The molecule has 0 saturated heterocycles. The monoisotopic (exact) mass is 727 g/mol. The molecular weight excluding hydrogens is 695 g/mol. The minimum absolute atomic E-state index is 0.601. The second kappa shape index (κ2) is 13.6. The smallest absolute Gasteiger partial charge is 0.164 e. The Morgan fingerprint density at radius 2 is 0.772 bits per heavy atom. The van der Waals surface area contributed by atoms with Gasteiger partial charge < -0.3 is 4.42 Å². The summed E-state index contributed by atoms with van der Waals surface area (Å²) in [6.45, 7) is 0. The largest absolute Gasteiger partial charge is 0.455 e. The third kappa shape index (κ3) is 5.92. The van der Waals surface area contributed by atoms with E-state index in [1.165, 1.54) is 16.2 Å². The molecule has 0 saturated carbocycles. The number of para-hydroxylation sites is 1. The van der Waals surface area contributed by atoms with Gasteiger partial charge in [0.15, 0.2) is 17.5 Å². The molecule has 4 nitrogen and oxygen atoms in total.